The Labute approximate surface area is 81.2 Å². The average molecular weight is 189 g/mol. The average Bonchev–Trinajstić information content (AvgIpc) is 2.18. The summed E-state index contributed by atoms with van der Waals surface area (Å²) in [7, 11) is 0. The van der Waals surface area contributed by atoms with Crippen LogP contribution in [0.25, 0.3) is 10.4 Å². The molecule has 0 aliphatic carbocycles. The van der Waals surface area contributed by atoms with E-state index < -0.39 is 0 Å². The van der Waals surface area contributed by atoms with Crippen molar-refractivity contribution in [1.82, 2.24) is 0 Å². The van der Waals surface area contributed by atoms with Crippen molar-refractivity contribution in [3.8, 4) is 11.8 Å². The molecule has 70 valence electrons. The van der Waals surface area contributed by atoms with Crippen molar-refractivity contribution in [2.24, 2.45) is 5.11 Å². The van der Waals surface area contributed by atoms with Crippen LogP contribution in [0.1, 0.15) is 11.1 Å². The van der Waals surface area contributed by atoms with Crippen molar-refractivity contribution in [3.63, 3.8) is 0 Å². The molecule has 0 saturated carbocycles. The molecule has 1 aromatic rings. The Hall–Kier alpha value is -1.98. The summed E-state index contributed by atoms with van der Waals surface area (Å²) in [5.74, 6) is 5.05. The molecule has 0 amide bonds. The maximum atomic E-state index is 12.8. The minimum absolute atomic E-state index is 0.104. The van der Waals surface area contributed by atoms with Crippen LogP contribution in [0.4, 0.5) is 4.39 Å². The molecule has 1 aromatic carbocycles. The number of halogens is 1. The summed E-state index contributed by atoms with van der Waals surface area (Å²) in [6.07, 6.45) is 0. The summed E-state index contributed by atoms with van der Waals surface area (Å²) >= 11 is 0. The third-order valence-electron chi connectivity index (χ3n) is 1.64. The molecular formula is C10H8FN3. The van der Waals surface area contributed by atoms with Crippen LogP contribution in [0.2, 0.25) is 0 Å². The molecule has 1 rings (SSSR count). The smallest absolute Gasteiger partial charge is 0.124 e. The molecule has 0 heterocycles. The standard InChI is InChI=1S/C10H8FN3/c1-8-4-5-10(11)7-9(8)3-2-6-13-14-12/h4-5,7H,6H2,1H3. The predicted octanol–water partition coefficient (Wildman–Crippen LogP) is 2.80. The molecule has 0 aromatic heterocycles. The molecule has 0 atom stereocenters. The summed E-state index contributed by atoms with van der Waals surface area (Å²) in [6, 6.07) is 4.40. The van der Waals surface area contributed by atoms with Crippen molar-refractivity contribution < 1.29 is 4.39 Å². The van der Waals surface area contributed by atoms with Gasteiger partial charge in [0.1, 0.15) is 5.82 Å². The summed E-state index contributed by atoms with van der Waals surface area (Å²) < 4.78 is 12.8. The Morgan fingerprint density at radius 2 is 2.36 bits per heavy atom. The zero-order valence-electron chi connectivity index (χ0n) is 7.66. The first-order valence-electron chi connectivity index (χ1n) is 4.00. The van der Waals surface area contributed by atoms with Gasteiger partial charge in [0.05, 0.1) is 6.54 Å². The maximum Gasteiger partial charge on any atom is 0.124 e. The lowest BCUT2D eigenvalue weighted by atomic mass is 10.1. The molecule has 0 bridgehead atoms. The van der Waals surface area contributed by atoms with Crippen molar-refractivity contribution in [3.05, 3.63) is 45.6 Å². The van der Waals surface area contributed by atoms with E-state index >= 15 is 0 Å². The number of aryl methyl sites for hydroxylation is 1. The Morgan fingerprint density at radius 3 is 3.07 bits per heavy atom. The monoisotopic (exact) mass is 189 g/mol. The van der Waals surface area contributed by atoms with Crippen molar-refractivity contribution in [2.45, 2.75) is 6.92 Å². The first-order chi connectivity index (χ1) is 6.74. The SMILES string of the molecule is Cc1ccc(F)cc1C#CCN=[N+]=[N-]. The van der Waals surface area contributed by atoms with E-state index in [1.54, 1.807) is 6.07 Å². The normalized spacial score (nSPS) is 8.43. The van der Waals surface area contributed by atoms with Gasteiger partial charge in [-0.25, -0.2) is 4.39 Å². The van der Waals surface area contributed by atoms with E-state index in [-0.39, 0.29) is 12.4 Å². The second-order valence-corrected chi connectivity index (χ2v) is 2.65. The van der Waals surface area contributed by atoms with Crippen molar-refractivity contribution >= 4 is 0 Å². The van der Waals surface area contributed by atoms with E-state index in [9.17, 15) is 4.39 Å². The van der Waals surface area contributed by atoms with E-state index in [2.05, 4.69) is 21.9 Å². The van der Waals surface area contributed by atoms with E-state index in [0.29, 0.717) is 5.56 Å². The van der Waals surface area contributed by atoms with E-state index in [1.807, 2.05) is 6.92 Å². The van der Waals surface area contributed by atoms with Crippen LogP contribution in [0.3, 0.4) is 0 Å². The van der Waals surface area contributed by atoms with Gasteiger partial charge in [-0.2, -0.15) is 0 Å². The Morgan fingerprint density at radius 1 is 1.57 bits per heavy atom. The van der Waals surface area contributed by atoms with Gasteiger partial charge in [-0.05, 0) is 30.2 Å². The minimum Gasteiger partial charge on any atom is -0.207 e. The molecule has 4 heteroatoms. The number of hydrogen-bond donors (Lipinski definition) is 0. The van der Waals surface area contributed by atoms with Gasteiger partial charge in [0, 0.05) is 10.5 Å². The summed E-state index contributed by atoms with van der Waals surface area (Å²) in [5, 5.41) is 3.25. The number of benzene rings is 1. The Bertz CT molecular complexity index is 436. The maximum absolute atomic E-state index is 12.8. The fourth-order valence-electron chi connectivity index (χ4n) is 0.931. The van der Waals surface area contributed by atoms with E-state index in [4.69, 9.17) is 5.53 Å². The highest BCUT2D eigenvalue weighted by Gasteiger charge is 1.95. The predicted molar refractivity (Wildman–Crippen MR) is 52.0 cm³/mol. The first-order valence-corrected chi connectivity index (χ1v) is 4.00. The van der Waals surface area contributed by atoms with Gasteiger partial charge in [-0.3, -0.25) is 0 Å². The van der Waals surface area contributed by atoms with Crippen LogP contribution >= 0.6 is 0 Å². The molecule has 0 aliphatic heterocycles. The first kappa shape index (κ1) is 10.1. The van der Waals surface area contributed by atoms with Gasteiger partial charge in [-0.1, -0.05) is 23.0 Å². The molecular weight excluding hydrogens is 181 g/mol. The molecule has 14 heavy (non-hydrogen) atoms. The van der Waals surface area contributed by atoms with Crippen LogP contribution in [0.15, 0.2) is 23.3 Å². The third kappa shape index (κ3) is 2.81. The highest BCUT2D eigenvalue weighted by molar-refractivity contribution is 5.41. The van der Waals surface area contributed by atoms with Gasteiger partial charge in [0.25, 0.3) is 0 Å². The molecule has 0 spiro atoms. The van der Waals surface area contributed by atoms with Crippen LogP contribution in [-0.4, -0.2) is 6.54 Å². The van der Waals surface area contributed by atoms with E-state index in [1.165, 1.54) is 12.1 Å². The molecule has 0 N–H and O–H groups in total. The number of nitrogens with zero attached hydrogens (tertiary/aromatic N) is 3. The fourth-order valence-corrected chi connectivity index (χ4v) is 0.931. The molecule has 0 aliphatic rings. The molecule has 0 radical (unpaired) electrons. The Balaban J connectivity index is 2.88. The van der Waals surface area contributed by atoms with E-state index in [0.717, 1.165) is 5.56 Å². The lowest BCUT2D eigenvalue weighted by molar-refractivity contribution is 0.627. The van der Waals surface area contributed by atoms with Gasteiger partial charge < -0.3 is 0 Å². The Kier molecular flexibility index (Phi) is 3.54. The fraction of sp³-hybridized carbons (Fsp3) is 0.200. The van der Waals surface area contributed by atoms with Crippen LogP contribution in [-0.2, 0) is 0 Å². The molecule has 0 unspecified atom stereocenters. The lowest BCUT2D eigenvalue weighted by Crippen LogP contribution is -1.84. The quantitative estimate of drug-likeness (QED) is 0.282. The second-order valence-electron chi connectivity index (χ2n) is 2.65. The van der Waals surface area contributed by atoms with Crippen LogP contribution in [0, 0.1) is 24.6 Å². The second kappa shape index (κ2) is 4.90. The van der Waals surface area contributed by atoms with Gasteiger partial charge in [-0.15, -0.1) is 0 Å². The molecule has 3 nitrogen and oxygen atoms in total. The lowest BCUT2D eigenvalue weighted by Gasteiger charge is -1.96. The van der Waals surface area contributed by atoms with Gasteiger partial charge in [0.2, 0.25) is 0 Å². The zero-order chi connectivity index (χ0) is 10.4. The van der Waals surface area contributed by atoms with Gasteiger partial charge in [0.15, 0.2) is 0 Å². The number of hydrogen-bond acceptors (Lipinski definition) is 1. The third-order valence-corrected chi connectivity index (χ3v) is 1.64. The minimum atomic E-state index is -0.316. The van der Waals surface area contributed by atoms with Crippen LogP contribution in [0.5, 0.6) is 0 Å². The summed E-state index contributed by atoms with van der Waals surface area (Å²) in [6.45, 7) is 1.95. The number of rotatable bonds is 1. The summed E-state index contributed by atoms with van der Waals surface area (Å²) in [5.41, 5.74) is 9.52. The summed E-state index contributed by atoms with van der Waals surface area (Å²) in [4.78, 5) is 2.56. The zero-order valence-corrected chi connectivity index (χ0v) is 7.66. The molecule has 0 fully saturated rings. The van der Waals surface area contributed by atoms with Crippen molar-refractivity contribution in [1.29, 1.82) is 0 Å². The largest absolute Gasteiger partial charge is 0.207 e. The van der Waals surface area contributed by atoms with Crippen molar-refractivity contribution in [2.75, 3.05) is 6.54 Å². The van der Waals surface area contributed by atoms with Gasteiger partial charge >= 0.3 is 0 Å². The highest BCUT2D eigenvalue weighted by atomic mass is 19.1. The number of azide groups is 1. The highest BCUT2D eigenvalue weighted by Crippen LogP contribution is 2.08. The molecule has 0 saturated heterocycles. The van der Waals surface area contributed by atoms with Crippen LogP contribution < -0.4 is 0 Å². The topological polar surface area (TPSA) is 48.8 Å².